The number of non-ortho nitro benzene ring substituents is 1. The van der Waals surface area contributed by atoms with Crippen molar-refractivity contribution in [2.24, 2.45) is 0 Å². The van der Waals surface area contributed by atoms with Crippen LogP contribution in [-0.4, -0.2) is 29.7 Å². The zero-order valence-electron chi connectivity index (χ0n) is 13.9. The molecule has 3 rings (SSSR count). The largest absolute Gasteiger partial charge is 0.270 e. The molecule has 0 atom stereocenters. The molecule has 0 bridgehead atoms. The molecule has 1 heterocycles. The number of nitrogens with one attached hydrogen (secondary N) is 1. The van der Waals surface area contributed by atoms with Crippen LogP contribution in [-0.2, 0) is 29.4 Å². The van der Waals surface area contributed by atoms with E-state index in [2.05, 4.69) is 9.82 Å². The Morgan fingerprint density at radius 3 is 2.84 bits per heavy atom. The molecule has 0 radical (unpaired) electrons. The van der Waals surface area contributed by atoms with Crippen molar-refractivity contribution in [3.05, 3.63) is 51.3 Å². The standard InChI is InChI=1S/C16H20N4O4S/c1-12-6-7-14(20(21)22)10-16(12)25(23,24)18-8-9-19-15-5-3-2-4-13(15)11-17-19/h6-7,10-11,18H,2-5,8-9H2,1H3. The van der Waals surface area contributed by atoms with E-state index in [9.17, 15) is 18.5 Å². The van der Waals surface area contributed by atoms with Gasteiger partial charge in [0.1, 0.15) is 0 Å². The maximum absolute atomic E-state index is 12.5. The van der Waals surface area contributed by atoms with E-state index >= 15 is 0 Å². The molecule has 0 saturated heterocycles. The van der Waals surface area contributed by atoms with Crippen molar-refractivity contribution in [3.8, 4) is 0 Å². The summed E-state index contributed by atoms with van der Waals surface area (Å²) in [5, 5.41) is 15.2. The third kappa shape index (κ3) is 3.72. The molecule has 1 aliphatic carbocycles. The Morgan fingerprint density at radius 2 is 2.08 bits per heavy atom. The van der Waals surface area contributed by atoms with Gasteiger partial charge in [-0.2, -0.15) is 5.10 Å². The molecule has 0 saturated carbocycles. The molecule has 1 aromatic carbocycles. The number of benzene rings is 1. The van der Waals surface area contributed by atoms with Crippen LogP contribution in [0.5, 0.6) is 0 Å². The molecule has 0 amide bonds. The second kappa shape index (κ2) is 6.93. The second-order valence-corrected chi connectivity index (χ2v) is 7.89. The molecular formula is C16H20N4O4S. The van der Waals surface area contributed by atoms with Gasteiger partial charge in [0.2, 0.25) is 10.0 Å². The Balaban J connectivity index is 1.71. The van der Waals surface area contributed by atoms with E-state index < -0.39 is 14.9 Å². The minimum atomic E-state index is -3.82. The van der Waals surface area contributed by atoms with Crippen LogP contribution in [0.1, 0.15) is 29.7 Å². The van der Waals surface area contributed by atoms with Gasteiger partial charge in [0.15, 0.2) is 0 Å². The molecule has 25 heavy (non-hydrogen) atoms. The molecule has 1 N–H and O–H groups in total. The quantitative estimate of drug-likeness (QED) is 0.623. The van der Waals surface area contributed by atoms with Crippen LogP contribution in [0, 0.1) is 17.0 Å². The molecule has 134 valence electrons. The van der Waals surface area contributed by atoms with Crippen molar-refractivity contribution in [1.29, 1.82) is 0 Å². The number of nitro groups is 1. The van der Waals surface area contributed by atoms with Gasteiger partial charge in [-0.25, -0.2) is 13.1 Å². The van der Waals surface area contributed by atoms with Gasteiger partial charge in [-0.1, -0.05) is 6.07 Å². The highest BCUT2D eigenvalue weighted by Crippen LogP contribution is 2.22. The lowest BCUT2D eigenvalue weighted by Crippen LogP contribution is -2.29. The van der Waals surface area contributed by atoms with Crippen molar-refractivity contribution in [1.82, 2.24) is 14.5 Å². The van der Waals surface area contributed by atoms with E-state index in [0.717, 1.165) is 31.7 Å². The number of aryl methyl sites for hydroxylation is 2. The summed E-state index contributed by atoms with van der Waals surface area (Å²) in [6.45, 7) is 2.23. The Hall–Kier alpha value is -2.26. The fourth-order valence-electron chi connectivity index (χ4n) is 3.10. The molecule has 8 nitrogen and oxygen atoms in total. The van der Waals surface area contributed by atoms with Crippen LogP contribution in [0.3, 0.4) is 0 Å². The summed E-state index contributed by atoms with van der Waals surface area (Å²) in [6.07, 6.45) is 6.13. The van der Waals surface area contributed by atoms with Gasteiger partial charge >= 0.3 is 0 Å². The van der Waals surface area contributed by atoms with Crippen molar-refractivity contribution >= 4 is 15.7 Å². The Kier molecular flexibility index (Phi) is 4.87. The average molecular weight is 364 g/mol. The molecular weight excluding hydrogens is 344 g/mol. The predicted octanol–water partition coefficient (Wildman–Crippen LogP) is 1.96. The molecule has 0 unspecified atom stereocenters. The number of sulfonamides is 1. The van der Waals surface area contributed by atoms with Gasteiger partial charge in [0.05, 0.1) is 22.6 Å². The third-order valence-electron chi connectivity index (χ3n) is 4.43. The summed E-state index contributed by atoms with van der Waals surface area (Å²) in [5.41, 5.74) is 2.64. The smallest absolute Gasteiger partial charge is 0.268 e. The lowest BCUT2D eigenvalue weighted by atomic mass is 9.98. The van der Waals surface area contributed by atoms with Gasteiger partial charge in [-0.15, -0.1) is 0 Å². The van der Waals surface area contributed by atoms with Crippen LogP contribution in [0.2, 0.25) is 0 Å². The minimum absolute atomic E-state index is 0.0656. The van der Waals surface area contributed by atoms with Crippen LogP contribution in [0.4, 0.5) is 5.69 Å². The fourth-order valence-corrected chi connectivity index (χ4v) is 4.39. The first kappa shape index (κ1) is 17.6. The summed E-state index contributed by atoms with van der Waals surface area (Å²) in [7, 11) is -3.82. The SMILES string of the molecule is Cc1ccc([N+](=O)[O-])cc1S(=O)(=O)NCCn1ncc2c1CCCC2. The number of nitrogens with zero attached hydrogens (tertiary/aromatic N) is 3. The summed E-state index contributed by atoms with van der Waals surface area (Å²) in [6, 6.07) is 3.83. The normalized spacial score (nSPS) is 14.3. The van der Waals surface area contributed by atoms with Crippen molar-refractivity contribution in [2.75, 3.05) is 6.54 Å². The lowest BCUT2D eigenvalue weighted by Gasteiger charge is -2.14. The van der Waals surface area contributed by atoms with Crippen LogP contribution in [0.15, 0.2) is 29.3 Å². The number of rotatable bonds is 6. The molecule has 0 spiro atoms. The van der Waals surface area contributed by atoms with E-state index in [1.54, 1.807) is 6.92 Å². The minimum Gasteiger partial charge on any atom is -0.268 e. The van der Waals surface area contributed by atoms with E-state index in [0.29, 0.717) is 12.1 Å². The monoisotopic (exact) mass is 364 g/mol. The van der Waals surface area contributed by atoms with E-state index in [-0.39, 0.29) is 17.1 Å². The summed E-state index contributed by atoms with van der Waals surface area (Å²) < 4.78 is 29.3. The van der Waals surface area contributed by atoms with Gasteiger partial charge in [0, 0.05) is 24.4 Å². The molecule has 2 aromatic rings. The number of hydrogen-bond acceptors (Lipinski definition) is 5. The maximum Gasteiger partial charge on any atom is 0.270 e. The van der Waals surface area contributed by atoms with Gasteiger partial charge in [-0.3, -0.25) is 14.8 Å². The summed E-state index contributed by atoms with van der Waals surface area (Å²) >= 11 is 0. The predicted molar refractivity (Wildman–Crippen MR) is 91.9 cm³/mol. The van der Waals surface area contributed by atoms with Gasteiger partial charge in [-0.05, 0) is 43.7 Å². The van der Waals surface area contributed by atoms with Crippen LogP contribution in [0.25, 0.3) is 0 Å². The van der Waals surface area contributed by atoms with Crippen LogP contribution < -0.4 is 4.72 Å². The van der Waals surface area contributed by atoms with E-state index in [4.69, 9.17) is 0 Å². The van der Waals surface area contributed by atoms with Gasteiger partial charge < -0.3 is 0 Å². The molecule has 1 aromatic heterocycles. The Bertz CT molecular complexity index is 905. The molecule has 0 fully saturated rings. The first-order valence-corrected chi connectivity index (χ1v) is 9.65. The van der Waals surface area contributed by atoms with Crippen molar-refractivity contribution in [3.63, 3.8) is 0 Å². The zero-order valence-corrected chi connectivity index (χ0v) is 14.8. The molecule has 9 heteroatoms. The first-order chi connectivity index (χ1) is 11.9. The van der Waals surface area contributed by atoms with Crippen molar-refractivity contribution in [2.45, 2.75) is 44.0 Å². The highest BCUT2D eigenvalue weighted by atomic mass is 32.2. The number of aromatic nitrogens is 2. The topological polar surface area (TPSA) is 107 Å². The third-order valence-corrected chi connectivity index (χ3v) is 6.04. The lowest BCUT2D eigenvalue weighted by molar-refractivity contribution is -0.385. The number of hydrogen-bond donors (Lipinski definition) is 1. The maximum atomic E-state index is 12.5. The molecule has 0 aliphatic heterocycles. The molecule has 1 aliphatic rings. The number of fused-ring (bicyclic) bond motifs is 1. The first-order valence-electron chi connectivity index (χ1n) is 8.17. The van der Waals surface area contributed by atoms with E-state index in [1.807, 2.05) is 10.9 Å². The summed E-state index contributed by atoms with van der Waals surface area (Å²) in [5.74, 6) is 0. The fraction of sp³-hybridized carbons (Fsp3) is 0.438. The highest BCUT2D eigenvalue weighted by Gasteiger charge is 2.21. The van der Waals surface area contributed by atoms with E-state index in [1.165, 1.54) is 23.4 Å². The summed E-state index contributed by atoms with van der Waals surface area (Å²) in [4.78, 5) is 10.2. The van der Waals surface area contributed by atoms with Crippen molar-refractivity contribution < 1.29 is 13.3 Å². The Morgan fingerprint density at radius 1 is 1.32 bits per heavy atom. The average Bonchev–Trinajstić information content (AvgIpc) is 2.98. The van der Waals surface area contributed by atoms with Gasteiger partial charge in [0.25, 0.3) is 5.69 Å². The zero-order chi connectivity index (χ0) is 18.0. The van der Waals surface area contributed by atoms with Crippen LogP contribution >= 0.6 is 0 Å². The Labute approximate surface area is 146 Å². The number of nitro benzene ring substituents is 1. The highest BCUT2D eigenvalue weighted by molar-refractivity contribution is 7.89. The second-order valence-electron chi connectivity index (χ2n) is 6.15.